The van der Waals surface area contributed by atoms with E-state index in [0.717, 1.165) is 21.6 Å². The van der Waals surface area contributed by atoms with Crippen LogP contribution in [0.15, 0.2) is 18.2 Å². The van der Waals surface area contributed by atoms with Crippen LogP contribution in [0.2, 0.25) is 5.02 Å². The molecule has 164 valence electrons. The molecule has 1 saturated carbocycles. The SMILES string of the molecule is CCC(=O)NC(Cc1nc2ccc(Cl)cc2s1)C(=O)NC(CN)CC1CCCCC1. The summed E-state index contributed by atoms with van der Waals surface area (Å²) < 4.78 is 0.968. The molecule has 8 heteroatoms. The second kappa shape index (κ2) is 11.1. The molecule has 2 aromatic rings. The number of rotatable bonds is 9. The van der Waals surface area contributed by atoms with Crippen LogP contribution >= 0.6 is 22.9 Å². The van der Waals surface area contributed by atoms with Crippen molar-refractivity contribution in [3.05, 3.63) is 28.2 Å². The minimum absolute atomic E-state index is 0.0733. The minimum Gasteiger partial charge on any atom is -0.350 e. The number of nitrogens with two attached hydrogens (primary N) is 1. The van der Waals surface area contributed by atoms with Gasteiger partial charge in [-0.15, -0.1) is 11.3 Å². The number of hydrogen-bond acceptors (Lipinski definition) is 5. The Hall–Kier alpha value is -1.70. The maximum Gasteiger partial charge on any atom is 0.243 e. The zero-order chi connectivity index (χ0) is 21.5. The van der Waals surface area contributed by atoms with Gasteiger partial charge >= 0.3 is 0 Å². The van der Waals surface area contributed by atoms with Gasteiger partial charge in [-0.25, -0.2) is 4.98 Å². The van der Waals surface area contributed by atoms with Crippen molar-refractivity contribution in [2.75, 3.05) is 6.54 Å². The van der Waals surface area contributed by atoms with Crippen molar-refractivity contribution in [3.8, 4) is 0 Å². The Morgan fingerprint density at radius 3 is 2.73 bits per heavy atom. The molecule has 1 aromatic carbocycles. The van der Waals surface area contributed by atoms with Gasteiger partial charge in [0.25, 0.3) is 0 Å². The molecule has 6 nitrogen and oxygen atoms in total. The maximum absolute atomic E-state index is 13.1. The summed E-state index contributed by atoms with van der Waals surface area (Å²) in [4.78, 5) is 29.7. The van der Waals surface area contributed by atoms with Gasteiger partial charge in [0.05, 0.1) is 15.2 Å². The normalized spacial score (nSPS) is 16.9. The van der Waals surface area contributed by atoms with Gasteiger partial charge < -0.3 is 16.4 Å². The number of amides is 2. The highest BCUT2D eigenvalue weighted by Crippen LogP contribution is 2.28. The number of halogens is 1. The molecule has 30 heavy (non-hydrogen) atoms. The molecular formula is C22H31ClN4O2S. The lowest BCUT2D eigenvalue weighted by molar-refractivity contribution is -0.129. The van der Waals surface area contributed by atoms with Crippen LogP contribution in [0.1, 0.15) is 56.9 Å². The molecule has 3 rings (SSSR count). The summed E-state index contributed by atoms with van der Waals surface area (Å²) in [5.74, 6) is 0.265. The van der Waals surface area contributed by atoms with Crippen LogP contribution in [0.5, 0.6) is 0 Å². The number of carbonyl (C=O) groups is 2. The molecule has 1 aliphatic rings. The largest absolute Gasteiger partial charge is 0.350 e. The zero-order valence-corrected chi connectivity index (χ0v) is 19.0. The lowest BCUT2D eigenvalue weighted by atomic mass is 9.85. The number of fused-ring (bicyclic) bond motifs is 1. The second-order valence-electron chi connectivity index (χ2n) is 8.08. The van der Waals surface area contributed by atoms with E-state index in [1.54, 1.807) is 13.0 Å². The quantitative estimate of drug-likeness (QED) is 0.541. The van der Waals surface area contributed by atoms with Gasteiger partial charge in [0.15, 0.2) is 0 Å². The van der Waals surface area contributed by atoms with Crippen LogP contribution in [0.4, 0.5) is 0 Å². The van der Waals surface area contributed by atoms with Crippen LogP contribution < -0.4 is 16.4 Å². The van der Waals surface area contributed by atoms with Gasteiger partial charge in [0.2, 0.25) is 11.8 Å². The third-order valence-corrected chi connectivity index (χ3v) is 7.00. The predicted molar refractivity (Wildman–Crippen MR) is 123 cm³/mol. The first-order valence-corrected chi connectivity index (χ1v) is 12.0. The van der Waals surface area contributed by atoms with Crippen molar-refractivity contribution >= 4 is 45.0 Å². The lowest BCUT2D eigenvalue weighted by Crippen LogP contribution is -2.52. The van der Waals surface area contributed by atoms with Crippen molar-refractivity contribution in [1.29, 1.82) is 0 Å². The van der Waals surface area contributed by atoms with Crippen molar-refractivity contribution in [3.63, 3.8) is 0 Å². The zero-order valence-electron chi connectivity index (χ0n) is 17.5. The molecule has 0 saturated heterocycles. The van der Waals surface area contributed by atoms with Gasteiger partial charge in [-0.05, 0) is 30.5 Å². The molecule has 2 atom stereocenters. The van der Waals surface area contributed by atoms with Gasteiger partial charge in [-0.3, -0.25) is 9.59 Å². The molecule has 2 unspecified atom stereocenters. The fourth-order valence-electron chi connectivity index (χ4n) is 4.05. The number of nitrogens with one attached hydrogen (secondary N) is 2. The number of nitrogens with zero attached hydrogens (tertiary/aromatic N) is 1. The Morgan fingerprint density at radius 2 is 2.03 bits per heavy atom. The first-order valence-electron chi connectivity index (χ1n) is 10.8. The molecule has 0 radical (unpaired) electrons. The van der Waals surface area contributed by atoms with E-state index in [2.05, 4.69) is 15.6 Å². The van der Waals surface area contributed by atoms with Crippen LogP contribution in [0.3, 0.4) is 0 Å². The predicted octanol–water partition coefficient (Wildman–Crippen LogP) is 3.80. The molecule has 4 N–H and O–H groups in total. The van der Waals surface area contributed by atoms with Crippen molar-refractivity contribution in [2.45, 2.75) is 70.4 Å². The third kappa shape index (κ3) is 6.40. The van der Waals surface area contributed by atoms with E-state index in [1.807, 2.05) is 12.1 Å². The highest BCUT2D eigenvalue weighted by atomic mass is 35.5. The molecular weight excluding hydrogens is 420 g/mol. The van der Waals surface area contributed by atoms with E-state index in [9.17, 15) is 9.59 Å². The summed E-state index contributed by atoms with van der Waals surface area (Å²) in [7, 11) is 0. The molecule has 1 heterocycles. The molecule has 0 aliphatic heterocycles. The van der Waals surface area contributed by atoms with E-state index in [4.69, 9.17) is 17.3 Å². The van der Waals surface area contributed by atoms with E-state index >= 15 is 0 Å². The maximum atomic E-state index is 13.1. The molecule has 0 bridgehead atoms. The van der Waals surface area contributed by atoms with E-state index in [1.165, 1.54) is 43.4 Å². The fraction of sp³-hybridized carbons (Fsp3) is 0.591. The molecule has 0 spiro atoms. The molecule has 2 amide bonds. The van der Waals surface area contributed by atoms with Gasteiger partial charge in [-0.2, -0.15) is 0 Å². The van der Waals surface area contributed by atoms with E-state index in [-0.39, 0.29) is 17.9 Å². The molecule has 1 aromatic heterocycles. The standard InChI is InChI=1S/C22H31ClN4O2S/c1-2-20(28)26-18(12-21-27-17-9-8-15(23)11-19(17)30-21)22(29)25-16(13-24)10-14-6-4-3-5-7-14/h8-9,11,14,16,18H,2-7,10,12-13,24H2,1H3,(H,25,29)(H,26,28). The van der Waals surface area contributed by atoms with Gasteiger partial charge in [-0.1, -0.05) is 50.6 Å². The smallest absolute Gasteiger partial charge is 0.243 e. The van der Waals surface area contributed by atoms with E-state index < -0.39 is 6.04 Å². The highest BCUT2D eigenvalue weighted by Gasteiger charge is 2.26. The van der Waals surface area contributed by atoms with E-state index in [0.29, 0.717) is 30.3 Å². The second-order valence-corrected chi connectivity index (χ2v) is 9.63. The Labute approximate surface area is 187 Å². The van der Waals surface area contributed by atoms with Crippen molar-refractivity contribution in [1.82, 2.24) is 15.6 Å². The van der Waals surface area contributed by atoms with Crippen molar-refractivity contribution in [2.24, 2.45) is 11.7 Å². The highest BCUT2D eigenvalue weighted by molar-refractivity contribution is 7.18. The van der Waals surface area contributed by atoms with Crippen LogP contribution in [-0.4, -0.2) is 35.4 Å². The number of thiazole rings is 1. The average molecular weight is 451 g/mol. The monoisotopic (exact) mass is 450 g/mol. The summed E-state index contributed by atoms with van der Waals surface area (Å²) >= 11 is 7.56. The number of hydrogen-bond donors (Lipinski definition) is 3. The summed E-state index contributed by atoms with van der Waals surface area (Å²) in [6, 6.07) is 4.79. The molecule has 1 fully saturated rings. The lowest BCUT2D eigenvalue weighted by Gasteiger charge is -2.28. The fourth-order valence-corrected chi connectivity index (χ4v) is 5.34. The number of benzene rings is 1. The summed E-state index contributed by atoms with van der Waals surface area (Å²) in [6.45, 7) is 2.17. The minimum atomic E-state index is -0.672. The Morgan fingerprint density at radius 1 is 1.27 bits per heavy atom. The average Bonchev–Trinajstić information content (AvgIpc) is 3.14. The van der Waals surface area contributed by atoms with Crippen LogP contribution in [0, 0.1) is 5.92 Å². The summed E-state index contributed by atoms with van der Waals surface area (Å²) in [6.07, 6.45) is 7.79. The Bertz CT molecular complexity index is 866. The Balaban J connectivity index is 1.68. The number of carbonyl (C=O) groups excluding carboxylic acids is 2. The summed E-state index contributed by atoms with van der Waals surface area (Å²) in [5, 5.41) is 7.38. The first kappa shape index (κ1) is 23.0. The first-order chi connectivity index (χ1) is 14.5. The Kier molecular flexibility index (Phi) is 8.48. The topological polar surface area (TPSA) is 97.1 Å². The summed E-state index contributed by atoms with van der Waals surface area (Å²) in [5.41, 5.74) is 6.80. The van der Waals surface area contributed by atoms with Crippen molar-refractivity contribution < 1.29 is 9.59 Å². The van der Waals surface area contributed by atoms with Crippen LogP contribution in [-0.2, 0) is 16.0 Å². The van der Waals surface area contributed by atoms with Crippen LogP contribution in [0.25, 0.3) is 10.2 Å². The van der Waals surface area contributed by atoms with Gasteiger partial charge in [0.1, 0.15) is 6.04 Å². The van der Waals surface area contributed by atoms with Gasteiger partial charge in [0, 0.05) is 30.5 Å². The number of aromatic nitrogens is 1. The molecule has 1 aliphatic carbocycles. The third-order valence-electron chi connectivity index (χ3n) is 5.72.